The molecular formula is C18H13BrO6. The summed E-state index contributed by atoms with van der Waals surface area (Å²) in [5.74, 6) is -1.04. The Hall–Kier alpha value is -2.67. The molecule has 0 N–H and O–H groups in total. The van der Waals surface area contributed by atoms with Crippen molar-refractivity contribution in [3.05, 3.63) is 46.1 Å². The van der Waals surface area contributed by atoms with Crippen molar-refractivity contribution in [2.24, 2.45) is 0 Å². The van der Waals surface area contributed by atoms with Gasteiger partial charge in [0.2, 0.25) is 5.43 Å². The molecule has 6 nitrogen and oxygen atoms in total. The number of halogens is 1. The van der Waals surface area contributed by atoms with Crippen molar-refractivity contribution in [3.63, 3.8) is 0 Å². The number of benzene rings is 2. The molecule has 128 valence electrons. The Kier molecular flexibility index (Phi) is 4.59. The third-order valence-corrected chi connectivity index (χ3v) is 4.09. The number of fused-ring (bicyclic) bond motifs is 2. The van der Waals surface area contributed by atoms with Crippen LogP contribution >= 0.6 is 15.9 Å². The molecule has 0 unspecified atom stereocenters. The van der Waals surface area contributed by atoms with E-state index in [4.69, 9.17) is 13.9 Å². The Labute approximate surface area is 150 Å². The highest BCUT2D eigenvalue weighted by molar-refractivity contribution is 9.08. The van der Waals surface area contributed by atoms with E-state index < -0.39 is 11.9 Å². The summed E-state index contributed by atoms with van der Waals surface area (Å²) in [5.41, 5.74) is 1.13. The van der Waals surface area contributed by atoms with Gasteiger partial charge in [0, 0.05) is 31.3 Å². The monoisotopic (exact) mass is 404 g/mol. The molecule has 0 saturated carbocycles. The zero-order valence-corrected chi connectivity index (χ0v) is 15.0. The lowest BCUT2D eigenvalue weighted by atomic mass is 10.1. The Morgan fingerprint density at radius 1 is 1.04 bits per heavy atom. The van der Waals surface area contributed by atoms with Crippen molar-refractivity contribution in [1.82, 2.24) is 0 Å². The van der Waals surface area contributed by atoms with Gasteiger partial charge in [0.15, 0.2) is 0 Å². The number of carbonyl (C=O) groups is 2. The fraction of sp³-hybridized carbons (Fsp3) is 0.167. The third-order valence-electron chi connectivity index (χ3n) is 3.44. The van der Waals surface area contributed by atoms with Crippen LogP contribution in [0.1, 0.15) is 19.4 Å². The minimum absolute atomic E-state index is 0.0128. The molecule has 0 bridgehead atoms. The van der Waals surface area contributed by atoms with E-state index in [1.807, 2.05) is 6.07 Å². The van der Waals surface area contributed by atoms with Gasteiger partial charge in [-0.15, -0.1) is 0 Å². The molecule has 0 aliphatic heterocycles. The van der Waals surface area contributed by atoms with Gasteiger partial charge in [-0.1, -0.05) is 22.0 Å². The molecule has 3 rings (SSSR count). The van der Waals surface area contributed by atoms with Crippen molar-refractivity contribution in [2.75, 3.05) is 0 Å². The molecule has 1 heterocycles. The normalized spacial score (nSPS) is 10.8. The number of alkyl halides is 1. The van der Waals surface area contributed by atoms with Crippen LogP contribution in [-0.4, -0.2) is 11.9 Å². The number of carbonyl (C=O) groups excluding carboxylic acids is 2. The molecule has 7 heteroatoms. The number of esters is 2. The van der Waals surface area contributed by atoms with E-state index in [0.717, 1.165) is 5.56 Å². The number of ether oxygens (including phenoxy) is 2. The molecule has 0 aliphatic carbocycles. The molecule has 0 radical (unpaired) electrons. The predicted molar refractivity (Wildman–Crippen MR) is 95.2 cm³/mol. The highest BCUT2D eigenvalue weighted by atomic mass is 79.9. The Morgan fingerprint density at radius 2 is 1.76 bits per heavy atom. The summed E-state index contributed by atoms with van der Waals surface area (Å²) in [7, 11) is 0. The van der Waals surface area contributed by atoms with E-state index in [2.05, 4.69) is 15.9 Å². The summed E-state index contributed by atoms with van der Waals surface area (Å²) >= 11 is 3.35. The van der Waals surface area contributed by atoms with Gasteiger partial charge in [-0.2, -0.15) is 0 Å². The van der Waals surface area contributed by atoms with Crippen molar-refractivity contribution < 1.29 is 23.5 Å². The van der Waals surface area contributed by atoms with E-state index in [1.165, 1.54) is 26.0 Å². The SMILES string of the molecule is CC(=O)Oc1cc(OC(C)=O)c2c(=O)c3cc(CBr)ccc3oc2c1. The van der Waals surface area contributed by atoms with E-state index in [1.54, 1.807) is 12.1 Å². The lowest BCUT2D eigenvalue weighted by Crippen LogP contribution is -2.09. The lowest BCUT2D eigenvalue weighted by Gasteiger charge is -2.10. The van der Waals surface area contributed by atoms with Crippen LogP contribution in [0.4, 0.5) is 0 Å². The maximum absolute atomic E-state index is 12.9. The van der Waals surface area contributed by atoms with Crippen LogP contribution in [0.15, 0.2) is 39.5 Å². The maximum Gasteiger partial charge on any atom is 0.308 e. The third kappa shape index (κ3) is 3.41. The van der Waals surface area contributed by atoms with E-state index in [9.17, 15) is 14.4 Å². The second kappa shape index (κ2) is 6.68. The summed E-state index contributed by atoms with van der Waals surface area (Å²) in [4.78, 5) is 35.5. The topological polar surface area (TPSA) is 82.8 Å². The standard InChI is InChI=1S/C18H13BrO6/c1-9(20)23-12-6-15(24-10(2)21)17-16(7-12)25-14-4-3-11(8-19)5-13(14)18(17)22/h3-7H,8H2,1-2H3. The zero-order valence-electron chi connectivity index (χ0n) is 13.4. The van der Waals surface area contributed by atoms with Crippen LogP contribution in [-0.2, 0) is 14.9 Å². The van der Waals surface area contributed by atoms with Crippen molar-refractivity contribution in [3.8, 4) is 11.5 Å². The summed E-state index contributed by atoms with van der Waals surface area (Å²) in [5, 5.41) is 1.08. The number of rotatable bonds is 3. The molecule has 0 fully saturated rings. The average Bonchev–Trinajstić information content (AvgIpc) is 2.53. The molecule has 0 saturated heterocycles. The van der Waals surface area contributed by atoms with E-state index in [0.29, 0.717) is 16.3 Å². The van der Waals surface area contributed by atoms with Crippen LogP contribution in [0, 0.1) is 0 Å². The first kappa shape index (κ1) is 17.2. The second-order valence-electron chi connectivity index (χ2n) is 5.38. The molecule has 2 aromatic carbocycles. The first-order chi connectivity index (χ1) is 11.9. The molecule has 0 atom stereocenters. The predicted octanol–water partition coefficient (Wildman–Crippen LogP) is 3.69. The van der Waals surface area contributed by atoms with Gasteiger partial charge >= 0.3 is 11.9 Å². The molecular weight excluding hydrogens is 392 g/mol. The van der Waals surface area contributed by atoms with E-state index in [-0.39, 0.29) is 27.9 Å². The Morgan fingerprint density at radius 3 is 2.40 bits per heavy atom. The molecule has 0 amide bonds. The van der Waals surface area contributed by atoms with Crippen LogP contribution in [0.2, 0.25) is 0 Å². The van der Waals surface area contributed by atoms with Crippen LogP contribution in [0.5, 0.6) is 11.5 Å². The van der Waals surface area contributed by atoms with Crippen molar-refractivity contribution in [1.29, 1.82) is 0 Å². The summed E-state index contributed by atoms with van der Waals surface area (Å²) < 4.78 is 15.9. The Bertz CT molecular complexity index is 1070. The fourth-order valence-corrected chi connectivity index (χ4v) is 2.86. The zero-order chi connectivity index (χ0) is 18.1. The van der Waals surface area contributed by atoms with Crippen molar-refractivity contribution in [2.45, 2.75) is 19.2 Å². The largest absolute Gasteiger partial charge is 0.456 e. The van der Waals surface area contributed by atoms with Gasteiger partial charge in [-0.05, 0) is 17.7 Å². The van der Waals surface area contributed by atoms with Crippen LogP contribution in [0.25, 0.3) is 21.9 Å². The highest BCUT2D eigenvalue weighted by Crippen LogP contribution is 2.32. The fourth-order valence-electron chi connectivity index (χ4n) is 2.51. The van der Waals surface area contributed by atoms with Gasteiger partial charge in [0.25, 0.3) is 0 Å². The minimum atomic E-state index is -0.602. The molecule has 0 aliphatic rings. The van der Waals surface area contributed by atoms with Gasteiger partial charge in [0.1, 0.15) is 28.1 Å². The first-order valence-electron chi connectivity index (χ1n) is 7.35. The summed E-state index contributed by atoms with van der Waals surface area (Å²) in [6, 6.07) is 7.98. The molecule has 1 aromatic heterocycles. The summed E-state index contributed by atoms with van der Waals surface area (Å²) in [6.45, 7) is 2.46. The van der Waals surface area contributed by atoms with Gasteiger partial charge < -0.3 is 13.9 Å². The second-order valence-corrected chi connectivity index (χ2v) is 5.94. The Balaban J connectivity index is 2.37. The number of hydrogen-bond acceptors (Lipinski definition) is 6. The average molecular weight is 405 g/mol. The maximum atomic E-state index is 12.9. The summed E-state index contributed by atoms with van der Waals surface area (Å²) in [6.07, 6.45) is 0. The smallest absolute Gasteiger partial charge is 0.308 e. The van der Waals surface area contributed by atoms with Crippen molar-refractivity contribution >= 4 is 49.8 Å². The van der Waals surface area contributed by atoms with Crippen LogP contribution in [0.3, 0.4) is 0 Å². The number of hydrogen-bond donors (Lipinski definition) is 0. The quantitative estimate of drug-likeness (QED) is 0.286. The van der Waals surface area contributed by atoms with Crippen LogP contribution < -0.4 is 14.9 Å². The van der Waals surface area contributed by atoms with Gasteiger partial charge in [0.05, 0.1) is 5.39 Å². The van der Waals surface area contributed by atoms with Gasteiger partial charge in [-0.25, -0.2) is 0 Å². The molecule has 0 spiro atoms. The highest BCUT2D eigenvalue weighted by Gasteiger charge is 2.17. The minimum Gasteiger partial charge on any atom is -0.456 e. The van der Waals surface area contributed by atoms with E-state index >= 15 is 0 Å². The molecule has 3 aromatic rings. The molecule has 25 heavy (non-hydrogen) atoms. The lowest BCUT2D eigenvalue weighted by molar-refractivity contribution is -0.132. The first-order valence-corrected chi connectivity index (χ1v) is 8.47. The van der Waals surface area contributed by atoms with Gasteiger partial charge in [-0.3, -0.25) is 14.4 Å².